The maximum atomic E-state index is 11.9. The van der Waals surface area contributed by atoms with Gasteiger partial charge in [0.2, 0.25) is 0 Å². The standard InChI is InChI=1S/C23H28N8O2/c1-29(2)10-11-33-20-5-4-18(17-12-21(32)27-25-14-17)22(19(20)13-24)31-8-6-16(7-9-31)23-28-26-15-30(23)3/h4-5,12,14-16H,6-11H2,1-3H3,(H,27,32). The third kappa shape index (κ3) is 4.88. The molecule has 3 aromatic rings. The van der Waals surface area contributed by atoms with Gasteiger partial charge in [0.1, 0.15) is 36.1 Å². The Labute approximate surface area is 192 Å². The van der Waals surface area contributed by atoms with Crippen molar-refractivity contribution in [2.75, 3.05) is 45.2 Å². The molecule has 4 rings (SSSR count). The molecule has 10 heteroatoms. The van der Waals surface area contributed by atoms with Crippen molar-refractivity contribution in [1.29, 1.82) is 5.26 Å². The Morgan fingerprint density at radius 1 is 1.30 bits per heavy atom. The van der Waals surface area contributed by atoms with E-state index in [0.29, 0.717) is 29.4 Å². The molecule has 0 atom stereocenters. The van der Waals surface area contributed by atoms with Gasteiger partial charge in [0.25, 0.3) is 5.56 Å². The number of hydrogen-bond acceptors (Lipinski definition) is 8. The van der Waals surface area contributed by atoms with Gasteiger partial charge in [0.15, 0.2) is 0 Å². The number of piperidine rings is 1. The second-order valence-electron chi connectivity index (χ2n) is 8.49. The lowest BCUT2D eigenvalue weighted by Crippen LogP contribution is -2.34. The summed E-state index contributed by atoms with van der Waals surface area (Å²) in [5.74, 6) is 1.84. The van der Waals surface area contributed by atoms with Gasteiger partial charge in [0.05, 0.1) is 11.9 Å². The monoisotopic (exact) mass is 448 g/mol. The number of likely N-dealkylation sites (N-methyl/N-ethyl adjacent to an activating group) is 1. The molecule has 0 unspecified atom stereocenters. The number of nitrogens with zero attached hydrogens (tertiary/aromatic N) is 7. The van der Waals surface area contributed by atoms with Crippen molar-refractivity contribution in [3.63, 3.8) is 0 Å². The zero-order valence-corrected chi connectivity index (χ0v) is 19.2. The van der Waals surface area contributed by atoms with Crippen molar-refractivity contribution in [2.24, 2.45) is 7.05 Å². The number of nitrogens with one attached hydrogen (secondary N) is 1. The van der Waals surface area contributed by atoms with Gasteiger partial charge >= 0.3 is 0 Å². The van der Waals surface area contributed by atoms with Crippen LogP contribution < -0.4 is 15.2 Å². The van der Waals surface area contributed by atoms with E-state index in [1.807, 2.05) is 36.7 Å². The molecular formula is C23H28N8O2. The highest BCUT2D eigenvalue weighted by atomic mass is 16.5. The number of rotatable bonds is 7. The molecule has 0 aliphatic carbocycles. The molecule has 1 N–H and O–H groups in total. The molecule has 0 saturated carbocycles. The molecule has 1 aliphatic rings. The molecule has 0 radical (unpaired) electrons. The van der Waals surface area contributed by atoms with Crippen LogP contribution >= 0.6 is 0 Å². The Balaban J connectivity index is 1.70. The van der Waals surface area contributed by atoms with Crippen LogP contribution in [0.4, 0.5) is 5.69 Å². The highest BCUT2D eigenvalue weighted by Crippen LogP contribution is 2.40. The van der Waals surface area contributed by atoms with Crippen LogP contribution in [0.2, 0.25) is 0 Å². The summed E-state index contributed by atoms with van der Waals surface area (Å²) in [6.45, 7) is 2.71. The number of aromatic nitrogens is 5. The second kappa shape index (κ2) is 9.83. The summed E-state index contributed by atoms with van der Waals surface area (Å²) < 4.78 is 7.95. The molecule has 0 amide bonds. The molecule has 1 aliphatic heterocycles. The minimum absolute atomic E-state index is 0.288. The summed E-state index contributed by atoms with van der Waals surface area (Å²) >= 11 is 0. The summed E-state index contributed by atoms with van der Waals surface area (Å²) in [6.07, 6.45) is 5.11. The highest BCUT2D eigenvalue weighted by Gasteiger charge is 2.28. The smallest absolute Gasteiger partial charge is 0.264 e. The first kappa shape index (κ1) is 22.5. The fraction of sp³-hybridized carbons (Fsp3) is 0.435. The van der Waals surface area contributed by atoms with Gasteiger partial charge in [-0.1, -0.05) is 0 Å². The average molecular weight is 449 g/mol. The first-order chi connectivity index (χ1) is 16.0. The minimum Gasteiger partial charge on any atom is -0.491 e. The van der Waals surface area contributed by atoms with Crippen LogP contribution in [0.25, 0.3) is 11.1 Å². The van der Waals surface area contributed by atoms with Crippen LogP contribution in [-0.2, 0) is 7.05 Å². The van der Waals surface area contributed by atoms with E-state index in [1.54, 1.807) is 18.6 Å². The van der Waals surface area contributed by atoms with Crippen molar-refractivity contribution in [3.8, 4) is 22.9 Å². The summed E-state index contributed by atoms with van der Waals surface area (Å²) in [5.41, 5.74) is 2.43. The molecule has 172 valence electrons. The minimum atomic E-state index is -0.288. The fourth-order valence-electron chi connectivity index (χ4n) is 4.25. The number of aromatic amines is 1. The molecule has 1 aromatic carbocycles. The predicted octanol–water partition coefficient (Wildman–Crippen LogP) is 1.76. The van der Waals surface area contributed by atoms with Crippen molar-refractivity contribution < 1.29 is 4.74 Å². The lowest BCUT2D eigenvalue weighted by Gasteiger charge is -2.35. The van der Waals surface area contributed by atoms with Crippen LogP contribution in [0.1, 0.15) is 30.1 Å². The molecule has 0 bridgehead atoms. The quantitative estimate of drug-likeness (QED) is 0.581. The third-order valence-corrected chi connectivity index (χ3v) is 5.95. The van der Waals surface area contributed by atoms with Gasteiger partial charge in [-0.15, -0.1) is 10.2 Å². The van der Waals surface area contributed by atoms with Crippen LogP contribution in [0.15, 0.2) is 35.5 Å². The van der Waals surface area contributed by atoms with E-state index in [0.717, 1.165) is 49.6 Å². The summed E-state index contributed by atoms with van der Waals surface area (Å²) in [6, 6.07) is 7.58. The van der Waals surface area contributed by atoms with E-state index < -0.39 is 0 Å². The maximum absolute atomic E-state index is 11.9. The van der Waals surface area contributed by atoms with Crippen LogP contribution in [0, 0.1) is 11.3 Å². The topological polar surface area (TPSA) is 116 Å². The van der Waals surface area contributed by atoms with Gasteiger partial charge < -0.3 is 19.1 Å². The Hall–Kier alpha value is -3.71. The Kier molecular flexibility index (Phi) is 6.70. The number of benzene rings is 1. The molecule has 33 heavy (non-hydrogen) atoms. The number of ether oxygens (including phenoxy) is 1. The Morgan fingerprint density at radius 3 is 2.73 bits per heavy atom. The Morgan fingerprint density at radius 2 is 2.09 bits per heavy atom. The second-order valence-corrected chi connectivity index (χ2v) is 8.49. The van der Waals surface area contributed by atoms with E-state index in [4.69, 9.17) is 4.74 Å². The number of anilines is 1. The van der Waals surface area contributed by atoms with E-state index in [2.05, 4.69) is 31.4 Å². The number of H-pyrrole nitrogens is 1. The summed E-state index contributed by atoms with van der Waals surface area (Å²) in [7, 11) is 5.91. The van der Waals surface area contributed by atoms with E-state index in [1.165, 1.54) is 6.07 Å². The average Bonchev–Trinajstić information content (AvgIpc) is 3.24. The lowest BCUT2D eigenvalue weighted by atomic mass is 9.93. The van der Waals surface area contributed by atoms with E-state index in [9.17, 15) is 10.1 Å². The van der Waals surface area contributed by atoms with Gasteiger partial charge in [0, 0.05) is 49.8 Å². The van der Waals surface area contributed by atoms with Gasteiger partial charge in [-0.3, -0.25) is 4.79 Å². The summed E-state index contributed by atoms with van der Waals surface area (Å²) in [5, 5.41) is 24.8. The first-order valence-electron chi connectivity index (χ1n) is 11.0. The highest BCUT2D eigenvalue weighted by molar-refractivity contribution is 5.84. The number of nitriles is 1. The van der Waals surface area contributed by atoms with Crippen molar-refractivity contribution in [1.82, 2.24) is 29.9 Å². The van der Waals surface area contributed by atoms with Crippen LogP contribution in [-0.4, -0.2) is 70.2 Å². The fourth-order valence-corrected chi connectivity index (χ4v) is 4.25. The predicted molar refractivity (Wildman–Crippen MR) is 124 cm³/mol. The zero-order chi connectivity index (χ0) is 23.4. The van der Waals surface area contributed by atoms with Crippen molar-refractivity contribution in [2.45, 2.75) is 18.8 Å². The largest absolute Gasteiger partial charge is 0.491 e. The number of hydrogen-bond donors (Lipinski definition) is 1. The molecule has 1 saturated heterocycles. The number of aryl methyl sites for hydroxylation is 1. The Bertz CT molecular complexity index is 1200. The van der Waals surface area contributed by atoms with Gasteiger partial charge in [-0.2, -0.15) is 10.4 Å². The molecule has 0 spiro atoms. The van der Waals surface area contributed by atoms with Crippen LogP contribution in [0.5, 0.6) is 5.75 Å². The van der Waals surface area contributed by atoms with Crippen molar-refractivity contribution >= 4 is 5.69 Å². The van der Waals surface area contributed by atoms with Crippen molar-refractivity contribution in [3.05, 3.63) is 52.5 Å². The zero-order valence-electron chi connectivity index (χ0n) is 19.2. The molecule has 2 aromatic heterocycles. The maximum Gasteiger partial charge on any atom is 0.264 e. The molecule has 3 heterocycles. The SMILES string of the molecule is CN(C)CCOc1ccc(-c2cn[nH]c(=O)c2)c(N2CCC(c3nncn3C)CC2)c1C#N. The molecular weight excluding hydrogens is 420 g/mol. The first-order valence-corrected chi connectivity index (χ1v) is 11.0. The molecule has 10 nitrogen and oxygen atoms in total. The normalized spacial score (nSPS) is 14.5. The lowest BCUT2D eigenvalue weighted by molar-refractivity contribution is 0.261. The van der Waals surface area contributed by atoms with Gasteiger partial charge in [-0.25, -0.2) is 5.10 Å². The van der Waals surface area contributed by atoms with E-state index >= 15 is 0 Å². The summed E-state index contributed by atoms with van der Waals surface area (Å²) in [4.78, 5) is 16.2. The van der Waals surface area contributed by atoms with E-state index in [-0.39, 0.29) is 5.56 Å². The third-order valence-electron chi connectivity index (χ3n) is 5.95. The molecule has 1 fully saturated rings. The van der Waals surface area contributed by atoms with Gasteiger partial charge in [-0.05, 0) is 39.1 Å². The van der Waals surface area contributed by atoms with Crippen LogP contribution in [0.3, 0.4) is 0 Å².